The van der Waals surface area contributed by atoms with Crippen LogP contribution in [-0.2, 0) is 4.79 Å². The molecule has 0 aliphatic rings. The number of nitrogens with one attached hydrogen (secondary N) is 1. The van der Waals surface area contributed by atoms with Crippen molar-refractivity contribution >= 4 is 27.5 Å². The molecule has 0 aromatic heterocycles. The molecule has 1 N–H and O–H groups in total. The largest absolute Gasteiger partial charge is 0.383 e. The highest BCUT2D eigenvalue weighted by Crippen LogP contribution is 2.26. The summed E-state index contributed by atoms with van der Waals surface area (Å²) in [6, 6.07) is 5.43. The molecule has 1 rings (SSSR count). The molecule has 0 heterocycles. The summed E-state index contributed by atoms with van der Waals surface area (Å²) in [5.41, 5.74) is -0.381. The Kier molecular flexibility index (Phi) is 4.29. The summed E-state index contributed by atoms with van der Waals surface area (Å²) in [6.07, 6.45) is -4.11. The lowest BCUT2D eigenvalue weighted by Crippen LogP contribution is -2.41. The molecule has 1 aromatic carbocycles. The van der Waals surface area contributed by atoms with Crippen LogP contribution in [0.3, 0.4) is 0 Å². The van der Waals surface area contributed by atoms with Crippen molar-refractivity contribution < 1.29 is 22.4 Å². The first-order valence-corrected chi connectivity index (χ1v) is 5.25. The van der Waals surface area contributed by atoms with Gasteiger partial charge in [-0.3, -0.25) is 4.79 Å². The third kappa shape index (κ3) is 2.98. The van der Waals surface area contributed by atoms with E-state index >= 15 is 0 Å². The van der Waals surface area contributed by atoms with E-state index < -0.39 is 18.3 Å². The first kappa shape index (κ1) is 14.4. The van der Waals surface area contributed by atoms with Gasteiger partial charge in [-0.2, -0.15) is 14.0 Å². The van der Waals surface area contributed by atoms with Crippen LogP contribution in [-0.4, -0.2) is 18.3 Å². The maximum Gasteiger partial charge on any atom is 0.383 e. The second-order valence-electron chi connectivity index (χ2n) is 3.18. The van der Waals surface area contributed by atoms with Crippen molar-refractivity contribution in [3.8, 4) is 6.07 Å². The molecule has 0 aliphatic heterocycles. The molecule has 0 saturated carbocycles. The number of alkyl halides is 4. The van der Waals surface area contributed by atoms with Gasteiger partial charge < -0.3 is 5.32 Å². The van der Waals surface area contributed by atoms with E-state index in [4.69, 9.17) is 5.26 Å². The summed E-state index contributed by atoms with van der Waals surface area (Å²) in [6.45, 7) is 0. The van der Waals surface area contributed by atoms with E-state index in [0.29, 0.717) is 4.47 Å². The van der Waals surface area contributed by atoms with Crippen LogP contribution in [0.4, 0.5) is 23.2 Å². The van der Waals surface area contributed by atoms with Gasteiger partial charge in [0.2, 0.25) is 0 Å². The minimum Gasteiger partial charge on any atom is -0.319 e. The van der Waals surface area contributed by atoms with Crippen molar-refractivity contribution in [2.24, 2.45) is 0 Å². The second-order valence-corrected chi connectivity index (χ2v) is 4.10. The molecular weight excluding hydrogens is 320 g/mol. The molecule has 0 radical (unpaired) electrons. The molecule has 0 spiro atoms. The third-order valence-corrected chi connectivity index (χ3v) is 2.42. The van der Waals surface area contributed by atoms with E-state index in [1.54, 1.807) is 11.4 Å². The molecule has 0 aliphatic carbocycles. The number of amides is 1. The minimum atomic E-state index is -4.81. The lowest BCUT2D eigenvalue weighted by atomic mass is 10.2. The van der Waals surface area contributed by atoms with Gasteiger partial charge in [-0.25, -0.2) is 8.78 Å². The van der Waals surface area contributed by atoms with E-state index in [2.05, 4.69) is 15.9 Å². The number of benzene rings is 1. The lowest BCUT2D eigenvalue weighted by molar-refractivity contribution is -0.163. The van der Waals surface area contributed by atoms with Gasteiger partial charge in [-0.05, 0) is 18.2 Å². The number of nitrogens with zero attached hydrogens (tertiary/aromatic N) is 1. The molecule has 0 unspecified atom stereocenters. The number of carbonyl (C=O) groups is 1. The average molecular weight is 325 g/mol. The average Bonchev–Trinajstić information content (AvgIpc) is 2.30. The standard InChI is InChI=1S/C10H5BrF4N2O/c11-6-1-2-7(5(3-6)4-16)17-9(18)10(14,15)8(12)13/h1-3,8H,(H,17,18). The van der Waals surface area contributed by atoms with Crippen LogP contribution in [0, 0.1) is 11.3 Å². The zero-order valence-electron chi connectivity index (χ0n) is 8.55. The van der Waals surface area contributed by atoms with Crippen LogP contribution in [0.15, 0.2) is 22.7 Å². The molecule has 96 valence electrons. The summed E-state index contributed by atoms with van der Waals surface area (Å²) in [4.78, 5) is 11.0. The third-order valence-electron chi connectivity index (χ3n) is 1.93. The van der Waals surface area contributed by atoms with Crippen LogP contribution >= 0.6 is 15.9 Å². The first-order valence-electron chi connectivity index (χ1n) is 4.46. The van der Waals surface area contributed by atoms with E-state index in [9.17, 15) is 22.4 Å². The highest BCUT2D eigenvalue weighted by atomic mass is 79.9. The smallest absolute Gasteiger partial charge is 0.319 e. The van der Waals surface area contributed by atoms with Gasteiger partial charge in [-0.15, -0.1) is 0 Å². The minimum absolute atomic E-state index is 0.122. The molecule has 1 aromatic rings. The summed E-state index contributed by atoms with van der Waals surface area (Å²) in [5.74, 6) is -6.96. The first-order chi connectivity index (χ1) is 8.28. The fraction of sp³-hybridized carbons (Fsp3) is 0.200. The van der Waals surface area contributed by atoms with Gasteiger partial charge in [0, 0.05) is 4.47 Å². The predicted molar refractivity (Wildman–Crippen MR) is 58.4 cm³/mol. The molecule has 8 heteroatoms. The topological polar surface area (TPSA) is 52.9 Å². The molecule has 0 fully saturated rings. The van der Waals surface area contributed by atoms with Crippen molar-refractivity contribution in [3.05, 3.63) is 28.2 Å². The normalized spacial score (nSPS) is 11.2. The van der Waals surface area contributed by atoms with E-state index in [1.165, 1.54) is 12.1 Å². The number of anilines is 1. The fourth-order valence-corrected chi connectivity index (χ4v) is 1.38. The molecule has 1 amide bonds. The van der Waals surface area contributed by atoms with Gasteiger partial charge in [0.15, 0.2) is 0 Å². The van der Waals surface area contributed by atoms with E-state index in [1.807, 2.05) is 0 Å². The Bertz CT molecular complexity index is 513. The SMILES string of the molecule is N#Cc1cc(Br)ccc1NC(=O)C(F)(F)C(F)F. The van der Waals surface area contributed by atoms with Crippen molar-refractivity contribution in [2.75, 3.05) is 5.32 Å². The van der Waals surface area contributed by atoms with Gasteiger partial charge >= 0.3 is 18.3 Å². The maximum absolute atomic E-state index is 12.7. The van der Waals surface area contributed by atoms with Gasteiger partial charge in [0.25, 0.3) is 0 Å². The van der Waals surface area contributed by atoms with Gasteiger partial charge in [0.05, 0.1) is 11.3 Å². The Hall–Kier alpha value is -1.62. The highest BCUT2D eigenvalue weighted by molar-refractivity contribution is 9.10. The number of nitriles is 1. The van der Waals surface area contributed by atoms with Crippen LogP contribution in [0.25, 0.3) is 0 Å². The lowest BCUT2D eigenvalue weighted by Gasteiger charge is -2.15. The predicted octanol–water partition coefficient (Wildman–Crippen LogP) is 3.16. The molecule has 0 atom stereocenters. The number of rotatable bonds is 3. The van der Waals surface area contributed by atoms with Gasteiger partial charge in [0.1, 0.15) is 6.07 Å². The Morgan fingerprint density at radius 3 is 2.56 bits per heavy atom. The van der Waals surface area contributed by atoms with Crippen LogP contribution < -0.4 is 5.32 Å². The molecular formula is C10H5BrF4N2O. The van der Waals surface area contributed by atoms with E-state index in [0.717, 1.165) is 6.07 Å². The summed E-state index contributed by atoms with van der Waals surface area (Å²) in [7, 11) is 0. The van der Waals surface area contributed by atoms with Crippen LogP contribution in [0.5, 0.6) is 0 Å². The van der Waals surface area contributed by atoms with Crippen LogP contribution in [0.1, 0.15) is 5.56 Å². The van der Waals surface area contributed by atoms with Gasteiger partial charge in [-0.1, -0.05) is 15.9 Å². The number of carbonyl (C=O) groups excluding carboxylic acids is 1. The quantitative estimate of drug-likeness (QED) is 0.868. The maximum atomic E-state index is 12.7. The monoisotopic (exact) mass is 324 g/mol. The molecule has 0 bridgehead atoms. The summed E-state index contributed by atoms with van der Waals surface area (Å²) < 4.78 is 49.7. The zero-order valence-corrected chi connectivity index (χ0v) is 10.1. The number of hydrogen-bond acceptors (Lipinski definition) is 2. The van der Waals surface area contributed by atoms with Crippen molar-refractivity contribution in [3.63, 3.8) is 0 Å². The Morgan fingerprint density at radius 2 is 2.06 bits per heavy atom. The fourth-order valence-electron chi connectivity index (χ4n) is 1.02. The van der Waals surface area contributed by atoms with Crippen molar-refractivity contribution in [1.82, 2.24) is 0 Å². The number of hydrogen-bond donors (Lipinski definition) is 1. The van der Waals surface area contributed by atoms with Crippen LogP contribution in [0.2, 0.25) is 0 Å². The molecule has 3 nitrogen and oxygen atoms in total. The zero-order chi connectivity index (χ0) is 13.9. The number of halogens is 5. The van der Waals surface area contributed by atoms with Crippen molar-refractivity contribution in [2.45, 2.75) is 12.3 Å². The highest BCUT2D eigenvalue weighted by Gasteiger charge is 2.49. The Labute approximate surface area is 108 Å². The molecule has 18 heavy (non-hydrogen) atoms. The molecule has 0 saturated heterocycles. The summed E-state index contributed by atoms with van der Waals surface area (Å²) >= 11 is 3.03. The Balaban J connectivity index is 3.00. The second kappa shape index (κ2) is 5.35. The summed E-state index contributed by atoms with van der Waals surface area (Å²) in [5, 5.41) is 10.3. The van der Waals surface area contributed by atoms with Crippen molar-refractivity contribution in [1.29, 1.82) is 5.26 Å². The van der Waals surface area contributed by atoms with E-state index in [-0.39, 0.29) is 11.3 Å². The Morgan fingerprint density at radius 1 is 1.44 bits per heavy atom.